The van der Waals surface area contributed by atoms with E-state index in [1.807, 2.05) is 19.1 Å². The van der Waals surface area contributed by atoms with E-state index in [1.165, 1.54) is 6.20 Å². The topological polar surface area (TPSA) is 47.9 Å². The van der Waals surface area contributed by atoms with E-state index in [1.54, 1.807) is 6.20 Å². The van der Waals surface area contributed by atoms with E-state index < -0.39 is 0 Å². The Kier molecular flexibility index (Phi) is 3.36. The first-order chi connectivity index (χ1) is 7.65. The van der Waals surface area contributed by atoms with Crippen LogP contribution in [0, 0.1) is 6.92 Å². The number of pyridine rings is 1. The van der Waals surface area contributed by atoms with Crippen LogP contribution in [0.5, 0.6) is 11.6 Å². The molecule has 2 aromatic heterocycles. The Balaban J connectivity index is 2.26. The van der Waals surface area contributed by atoms with E-state index in [2.05, 4.69) is 30.9 Å². The van der Waals surface area contributed by atoms with Crippen molar-refractivity contribution in [1.82, 2.24) is 15.0 Å². The molecule has 0 aliphatic carbocycles. The third-order valence-corrected chi connectivity index (χ3v) is 2.51. The number of aryl methyl sites for hydroxylation is 1. The molecule has 0 atom stereocenters. The van der Waals surface area contributed by atoms with Crippen molar-refractivity contribution in [3.8, 4) is 11.6 Å². The molecule has 2 aromatic rings. The first kappa shape index (κ1) is 11.3. The lowest BCUT2D eigenvalue weighted by Gasteiger charge is -2.05. The van der Waals surface area contributed by atoms with Gasteiger partial charge in [0.05, 0.1) is 10.7 Å². The highest BCUT2D eigenvalue weighted by atomic mass is 79.9. The molecule has 0 aliphatic heterocycles. The number of aromatic nitrogens is 3. The van der Waals surface area contributed by atoms with Gasteiger partial charge in [0, 0.05) is 11.9 Å². The maximum atomic E-state index is 5.67. The van der Waals surface area contributed by atoms with Crippen molar-refractivity contribution in [2.75, 3.05) is 0 Å². The molecule has 0 saturated heterocycles. The predicted octanol–water partition coefficient (Wildman–Crippen LogP) is 3.39. The SMILES string of the molecule is Cc1ccc(Oc2nc(Cl)ncc2Br)cn1. The number of halogens is 2. The number of ether oxygens (including phenoxy) is 1. The molecule has 0 unspecified atom stereocenters. The third kappa shape index (κ3) is 2.68. The summed E-state index contributed by atoms with van der Waals surface area (Å²) in [6.45, 7) is 1.90. The van der Waals surface area contributed by atoms with Gasteiger partial charge in [-0.05, 0) is 46.6 Å². The smallest absolute Gasteiger partial charge is 0.238 e. The summed E-state index contributed by atoms with van der Waals surface area (Å²) in [7, 11) is 0. The van der Waals surface area contributed by atoms with Crippen molar-refractivity contribution in [3.05, 3.63) is 40.0 Å². The molecule has 0 spiro atoms. The van der Waals surface area contributed by atoms with Crippen LogP contribution in [0.15, 0.2) is 29.0 Å². The van der Waals surface area contributed by atoms with Crippen molar-refractivity contribution in [2.24, 2.45) is 0 Å². The highest BCUT2D eigenvalue weighted by Crippen LogP contribution is 2.27. The van der Waals surface area contributed by atoms with Gasteiger partial charge in [0.25, 0.3) is 0 Å². The van der Waals surface area contributed by atoms with Crippen LogP contribution in [0.2, 0.25) is 5.28 Å². The van der Waals surface area contributed by atoms with Crippen LogP contribution in [-0.2, 0) is 0 Å². The molecule has 0 N–H and O–H groups in total. The molecule has 0 aliphatic rings. The van der Waals surface area contributed by atoms with E-state index >= 15 is 0 Å². The number of hydrogen-bond donors (Lipinski definition) is 0. The van der Waals surface area contributed by atoms with Gasteiger partial charge in [0.2, 0.25) is 11.2 Å². The highest BCUT2D eigenvalue weighted by molar-refractivity contribution is 9.10. The molecule has 4 nitrogen and oxygen atoms in total. The van der Waals surface area contributed by atoms with Crippen molar-refractivity contribution in [2.45, 2.75) is 6.92 Å². The van der Waals surface area contributed by atoms with E-state index in [9.17, 15) is 0 Å². The largest absolute Gasteiger partial charge is 0.436 e. The Bertz CT molecular complexity index is 504. The molecule has 0 saturated carbocycles. The second kappa shape index (κ2) is 4.76. The van der Waals surface area contributed by atoms with Crippen LogP contribution < -0.4 is 4.74 Å². The first-order valence-electron chi connectivity index (χ1n) is 4.44. The standard InChI is InChI=1S/C10H7BrClN3O/c1-6-2-3-7(4-13-6)16-9-8(11)5-14-10(12)15-9/h2-5H,1H3. The first-order valence-corrected chi connectivity index (χ1v) is 5.61. The van der Waals surface area contributed by atoms with Crippen LogP contribution in [0.4, 0.5) is 0 Å². The summed E-state index contributed by atoms with van der Waals surface area (Å²) in [6.07, 6.45) is 3.16. The summed E-state index contributed by atoms with van der Waals surface area (Å²) in [5, 5.41) is 0.137. The summed E-state index contributed by atoms with van der Waals surface area (Å²) in [6, 6.07) is 3.66. The zero-order chi connectivity index (χ0) is 11.5. The minimum Gasteiger partial charge on any atom is -0.436 e. The van der Waals surface area contributed by atoms with Gasteiger partial charge in [-0.3, -0.25) is 4.98 Å². The van der Waals surface area contributed by atoms with Gasteiger partial charge in [-0.2, -0.15) is 4.98 Å². The predicted molar refractivity (Wildman–Crippen MR) is 63.8 cm³/mol. The van der Waals surface area contributed by atoms with Gasteiger partial charge in [0.1, 0.15) is 5.75 Å². The maximum absolute atomic E-state index is 5.67. The second-order valence-electron chi connectivity index (χ2n) is 3.03. The lowest BCUT2D eigenvalue weighted by Crippen LogP contribution is -1.92. The fourth-order valence-corrected chi connectivity index (χ4v) is 1.43. The lowest BCUT2D eigenvalue weighted by atomic mass is 10.4. The Morgan fingerprint density at radius 3 is 2.75 bits per heavy atom. The molecular weight excluding hydrogens is 293 g/mol. The number of nitrogens with zero attached hydrogens (tertiary/aromatic N) is 3. The van der Waals surface area contributed by atoms with Gasteiger partial charge in [-0.1, -0.05) is 0 Å². The summed E-state index contributed by atoms with van der Waals surface area (Å²) in [5.74, 6) is 0.965. The van der Waals surface area contributed by atoms with Gasteiger partial charge in [-0.25, -0.2) is 4.98 Å². The van der Waals surface area contributed by atoms with E-state index in [0.29, 0.717) is 16.1 Å². The van der Waals surface area contributed by atoms with Crippen LogP contribution >= 0.6 is 27.5 Å². The van der Waals surface area contributed by atoms with Gasteiger partial charge in [0.15, 0.2) is 0 Å². The zero-order valence-corrected chi connectivity index (χ0v) is 10.7. The molecule has 2 heterocycles. The summed E-state index contributed by atoms with van der Waals surface area (Å²) < 4.78 is 6.14. The Morgan fingerprint density at radius 1 is 1.25 bits per heavy atom. The van der Waals surface area contributed by atoms with Crippen LogP contribution in [0.25, 0.3) is 0 Å². The van der Waals surface area contributed by atoms with Crippen LogP contribution in [0.1, 0.15) is 5.69 Å². The molecule has 2 rings (SSSR count). The number of rotatable bonds is 2. The minimum absolute atomic E-state index is 0.137. The minimum atomic E-state index is 0.137. The molecule has 0 bridgehead atoms. The quantitative estimate of drug-likeness (QED) is 0.798. The Labute approximate surface area is 106 Å². The Hall–Kier alpha value is -1.20. The summed E-state index contributed by atoms with van der Waals surface area (Å²) in [4.78, 5) is 11.9. The average Bonchev–Trinajstić information content (AvgIpc) is 2.27. The van der Waals surface area contributed by atoms with Crippen LogP contribution in [0.3, 0.4) is 0 Å². The van der Waals surface area contributed by atoms with Gasteiger partial charge >= 0.3 is 0 Å². The molecule has 0 fully saturated rings. The monoisotopic (exact) mass is 299 g/mol. The molecule has 0 radical (unpaired) electrons. The van der Waals surface area contributed by atoms with Gasteiger partial charge in [-0.15, -0.1) is 0 Å². The zero-order valence-electron chi connectivity index (χ0n) is 8.32. The van der Waals surface area contributed by atoms with Gasteiger partial charge < -0.3 is 4.74 Å². The van der Waals surface area contributed by atoms with E-state index in [4.69, 9.17) is 16.3 Å². The molecule has 16 heavy (non-hydrogen) atoms. The van der Waals surface area contributed by atoms with Crippen LogP contribution in [-0.4, -0.2) is 15.0 Å². The summed E-state index contributed by atoms with van der Waals surface area (Å²) >= 11 is 8.94. The average molecular weight is 301 g/mol. The Morgan fingerprint density at radius 2 is 2.06 bits per heavy atom. The maximum Gasteiger partial charge on any atom is 0.238 e. The van der Waals surface area contributed by atoms with Crippen molar-refractivity contribution >= 4 is 27.5 Å². The fourth-order valence-electron chi connectivity index (χ4n) is 1.03. The van der Waals surface area contributed by atoms with E-state index in [-0.39, 0.29) is 5.28 Å². The van der Waals surface area contributed by atoms with Crippen molar-refractivity contribution < 1.29 is 4.74 Å². The molecule has 0 aromatic carbocycles. The van der Waals surface area contributed by atoms with Crippen molar-refractivity contribution in [3.63, 3.8) is 0 Å². The molecule has 82 valence electrons. The third-order valence-electron chi connectivity index (χ3n) is 1.78. The summed E-state index contributed by atoms with van der Waals surface area (Å²) in [5.41, 5.74) is 0.923. The van der Waals surface area contributed by atoms with Crippen molar-refractivity contribution in [1.29, 1.82) is 0 Å². The fraction of sp³-hybridized carbons (Fsp3) is 0.100. The van der Waals surface area contributed by atoms with E-state index in [0.717, 1.165) is 5.69 Å². The highest BCUT2D eigenvalue weighted by Gasteiger charge is 2.06. The molecule has 6 heteroatoms. The lowest BCUT2D eigenvalue weighted by molar-refractivity contribution is 0.456. The number of hydrogen-bond acceptors (Lipinski definition) is 4. The second-order valence-corrected chi connectivity index (χ2v) is 4.22. The molecular formula is C10H7BrClN3O. The normalized spacial score (nSPS) is 10.2. The molecule has 0 amide bonds.